The first-order chi connectivity index (χ1) is 15.7. The van der Waals surface area contributed by atoms with Crippen LogP contribution >= 0.6 is 0 Å². The van der Waals surface area contributed by atoms with Gasteiger partial charge in [0.1, 0.15) is 11.5 Å². The van der Waals surface area contributed by atoms with Gasteiger partial charge in [0, 0.05) is 29.7 Å². The van der Waals surface area contributed by atoms with E-state index in [1.165, 1.54) is 24.5 Å². The average molecular weight is 454 g/mol. The lowest BCUT2D eigenvalue weighted by atomic mass is 9.96. The van der Waals surface area contributed by atoms with E-state index < -0.39 is 35.6 Å². The number of aromatic nitrogens is 1. The molecule has 1 saturated heterocycles. The van der Waals surface area contributed by atoms with Crippen molar-refractivity contribution in [2.75, 3.05) is 4.90 Å². The second kappa shape index (κ2) is 8.42. The summed E-state index contributed by atoms with van der Waals surface area (Å²) in [5.74, 6) is -2.91. The Balaban J connectivity index is 1.88. The van der Waals surface area contributed by atoms with Crippen molar-refractivity contribution in [3.8, 4) is 5.75 Å². The van der Waals surface area contributed by atoms with Crippen LogP contribution in [0.5, 0.6) is 5.75 Å². The van der Waals surface area contributed by atoms with E-state index in [1.54, 1.807) is 36.4 Å². The Morgan fingerprint density at radius 2 is 1.79 bits per heavy atom. The third-order valence-corrected chi connectivity index (χ3v) is 5.10. The van der Waals surface area contributed by atoms with Crippen LogP contribution in [0.4, 0.5) is 18.9 Å². The number of Topliss-reactive ketones (excluding diaryl/α,β-unsaturated/α-hetero) is 1. The van der Waals surface area contributed by atoms with Gasteiger partial charge in [0.15, 0.2) is 0 Å². The molecule has 0 spiro atoms. The molecular weight excluding hydrogens is 437 g/mol. The Morgan fingerprint density at radius 1 is 1.06 bits per heavy atom. The summed E-state index contributed by atoms with van der Waals surface area (Å²) < 4.78 is 42.1. The molecule has 1 fully saturated rings. The van der Waals surface area contributed by atoms with E-state index in [9.17, 15) is 27.9 Å². The number of benzene rings is 2. The Morgan fingerprint density at radius 3 is 2.42 bits per heavy atom. The van der Waals surface area contributed by atoms with Gasteiger partial charge in [0.2, 0.25) is 0 Å². The standard InChI is InChI=1S/C24H17F3N2O4/c1-14-7-9-15(10-8-14)21(30)19-20(16-4-3-11-28-13-16)29(23(32)22(19)31)17-5-2-6-18(12-17)33-24(25,26)27/h2-13,20,30H,1H3/b21-19+. The zero-order chi connectivity index (χ0) is 23.8. The first-order valence-electron chi connectivity index (χ1n) is 9.79. The van der Waals surface area contributed by atoms with Gasteiger partial charge in [-0.15, -0.1) is 13.2 Å². The van der Waals surface area contributed by atoms with Crippen LogP contribution in [0, 0.1) is 6.92 Å². The zero-order valence-corrected chi connectivity index (χ0v) is 17.2. The molecule has 1 N–H and O–H groups in total. The van der Waals surface area contributed by atoms with Crippen molar-refractivity contribution in [1.82, 2.24) is 4.98 Å². The van der Waals surface area contributed by atoms with Gasteiger partial charge in [-0.2, -0.15) is 0 Å². The van der Waals surface area contributed by atoms with E-state index in [1.807, 2.05) is 6.92 Å². The normalized spacial score (nSPS) is 17.9. The zero-order valence-electron chi connectivity index (χ0n) is 17.2. The van der Waals surface area contributed by atoms with Gasteiger partial charge in [0.25, 0.3) is 11.7 Å². The van der Waals surface area contributed by atoms with E-state index in [2.05, 4.69) is 9.72 Å². The average Bonchev–Trinajstić information content (AvgIpc) is 3.04. The predicted octanol–water partition coefficient (Wildman–Crippen LogP) is 4.91. The first kappa shape index (κ1) is 22.1. The summed E-state index contributed by atoms with van der Waals surface area (Å²) >= 11 is 0. The molecule has 1 aliphatic rings. The molecule has 0 aliphatic carbocycles. The number of carbonyl (C=O) groups is 2. The van der Waals surface area contributed by atoms with E-state index in [0.29, 0.717) is 11.1 Å². The topological polar surface area (TPSA) is 79.7 Å². The maximum atomic E-state index is 13.0. The molecule has 3 aromatic rings. The molecule has 2 aromatic carbocycles. The van der Waals surface area contributed by atoms with E-state index in [-0.39, 0.29) is 11.3 Å². The molecule has 33 heavy (non-hydrogen) atoms. The maximum Gasteiger partial charge on any atom is 0.573 e. The molecule has 0 radical (unpaired) electrons. The van der Waals surface area contributed by atoms with Crippen LogP contribution in [-0.2, 0) is 9.59 Å². The molecule has 0 saturated carbocycles. The fourth-order valence-electron chi connectivity index (χ4n) is 3.65. The van der Waals surface area contributed by atoms with Crippen molar-refractivity contribution in [2.24, 2.45) is 0 Å². The number of carbonyl (C=O) groups excluding carboxylic acids is 2. The number of ketones is 1. The molecule has 1 atom stereocenters. The van der Waals surface area contributed by atoms with Crippen LogP contribution < -0.4 is 9.64 Å². The number of ether oxygens (including phenoxy) is 1. The summed E-state index contributed by atoms with van der Waals surface area (Å²) in [7, 11) is 0. The number of halogens is 3. The van der Waals surface area contributed by atoms with Gasteiger partial charge in [0.05, 0.1) is 11.6 Å². The predicted molar refractivity (Wildman–Crippen MR) is 113 cm³/mol. The fraction of sp³-hybridized carbons (Fsp3) is 0.125. The highest BCUT2D eigenvalue weighted by Gasteiger charge is 2.47. The number of aliphatic hydroxyl groups excluding tert-OH is 1. The second-order valence-corrected chi connectivity index (χ2v) is 7.37. The van der Waals surface area contributed by atoms with Crippen LogP contribution in [0.1, 0.15) is 22.7 Å². The Labute approximate surface area is 186 Å². The highest BCUT2D eigenvalue weighted by Crippen LogP contribution is 2.42. The largest absolute Gasteiger partial charge is 0.573 e. The number of aryl methyl sites for hydroxylation is 1. The minimum absolute atomic E-state index is 0.00402. The maximum absolute atomic E-state index is 13.0. The van der Waals surface area contributed by atoms with Crippen LogP contribution in [0.25, 0.3) is 5.76 Å². The molecule has 1 amide bonds. The number of alkyl halides is 3. The van der Waals surface area contributed by atoms with Gasteiger partial charge in [-0.25, -0.2) is 0 Å². The number of hydrogen-bond acceptors (Lipinski definition) is 5. The Kier molecular flexibility index (Phi) is 5.63. The Hall–Kier alpha value is -4.14. The van der Waals surface area contributed by atoms with E-state index in [0.717, 1.165) is 22.6 Å². The minimum Gasteiger partial charge on any atom is -0.507 e. The molecular formula is C24H17F3N2O4. The molecule has 2 heterocycles. The second-order valence-electron chi connectivity index (χ2n) is 7.37. The SMILES string of the molecule is Cc1ccc(/C(O)=C2\C(=O)C(=O)N(c3cccc(OC(F)(F)F)c3)C2c2cccnc2)cc1. The number of hydrogen-bond donors (Lipinski definition) is 1. The highest BCUT2D eigenvalue weighted by atomic mass is 19.4. The lowest BCUT2D eigenvalue weighted by molar-refractivity contribution is -0.274. The van der Waals surface area contributed by atoms with Crippen LogP contribution in [0.15, 0.2) is 78.6 Å². The van der Waals surface area contributed by atoms with Crippen molar-refractivity contribution in [2.45, 2.75) is 19.3 Å². The van der Waals surface area contributed by atoms with Gasteiger partial charge < -0.3 is 9.84 Å². The van der Waals surface area contributed by atoms with E-state index in [4.69, 9.17) is 0 Å². The number of pyridine rings is 1. The van der Waals surface area contributed by atoms with Gasteiger partial charge in [-0.3, -0.25) is 19.5 Å². The lowest BCUT2D eigenvalue weighted by Crippen LogP contribution is -2.29. The number of anilines is 1. The summed E-state index contributed by atoms with van der Waals surface area (Å²) in [6, 6.07) is 13.5. The molecule has 1 unspecified atom stereocenters. The van der Waals surface area contributed by atoms with Crippen LogP contribution in [0.2, 0.25) is 0 Å². The molecule has 0 bridgehead atoms. The van der Waals surface area contributed by atoms with E-state index >= 15 is 0 Å². The third-order valence-electron chi connectivity index (χ3n) is 5.10. The number of nitrogens with zero attached hydrogens (tertiary/aromatic N) is 2. The monoisotopic (exact) mass is 454 g/mol. The van der Waals surface area contributed by atoms with Crippen molar-refractivity contribution >= 4 is 23.1 Å². The molecule has 1 aromatic heterocycles. The van der Waals surface area contributed by atoms with Gasteiger partial charge >= 0.3 is 6.36 Å². The number of aliphatic hydroxyl groups is 1. The number of rotatable bonds is 4. The molecule has 4 rings (SSSR count). The van der Waals surface area contributed by atoms with Crippen LogP contribution in [-0.4, -0.2) is 28.1 Å². The molecule has 6 nitrogen and oxygen atoms in total. The van der Waals surface area contributed by atoms with Crippen molar-refractivity contribution in [3.05, 3.63) is 95.3 Å². The summed E-state index contributed by atoms with van der Waals surface area (Å²) in [6.07, 6.45) is -2.02. The molecule has 1 aliphatic heterocycles. The summed E-state index contributed by atoms with van der Waals surface area (Å²) in [5, 5.41) is 11.0. The first-order valence-corrected chi connectivity index (χ1v) is 9.79. The summed E-state index contributed by atoms with van der Waals surface area (Å²) in [5.41, 5.74) is 1.45. The smallest absolute Gasteiger partial charge is 0.507 e. The number of amides is 1. The molecule has 168 valence electrons. The highest BCUT2D eigenvalue weighted by molar-refractivity contribution is 6.51. The van der Waals surface area contributed by atoms with Crippen molar-refractivity contribution in [1.29, 1.82) is 0 Å². The van der Waals surface area contributed by atoms with Crippen molar-refractivity contribution < 1.29 is 32.6 Å². The van der Waals surface area contributed by atoms with Crippen LogP contribution in [0.3, 0.4) is 0 Å². The minimum atomic E-state index is -4.93. The third kappa shape index (κ3) is 4.43. The lowest BCUT2D eigenvalue weighted by Gasteiger charge is -2.25. The Bertz CT molecular complexity index is 1240. The van der Waals surface area contributed by atoms with Crippen molar-refractivity contribution in [3.63, 3.8) is 0 Å². The van der Waals surface area contributed by atoms with Gasteiger partial charge in [-0.05, 0) is 30.7 Å². The fourth-order valence-corrected chi connectivity index (χ4v) is 3.65. The van der Waals surface area contributed by atoms with Gasteiger partial charge in [-0.1, -0.05) is 42.0 Å². The summed E-state index contributed by atoms with van der Waals surface area (Å²) in [6.45, 7) is 1.86. The summed E-state index contributed by atoms with van der Waals surface area (Å²) in [4.78, 5) is 31.1. The quantitative estimate of drug-likeness (QED) is 0.344. The molecule has 9 heteroatoms.